The SMILES string of the molecule is CS(=O)(=O)C1CCCN(CC2CCCNC2)C1.Cl. The van der Waals surface area contributed by atoms with E-state index in [1.165, 1.54) is 19.1 Å². The summed E-state index contributed by atoms with van der Waals surface area (Å²) in [6.07, 6.45) is 5.79. The summed E-state index contributed by atoms with van der Waals surface area (Å²) in [5, 5.41) is 3.29. The smallest absolute Gasteiger partial charge is 0.151 e. The summed E-state index contributed by atoms with van der Waals surface area (Å²) in [6.45, 7) is 5.12. The van der Waals surface area contributed by atoms with Gasteiger partial charge in [-0.15, -0.1) is 12.4 Å². The van der Waals surface area contributed by atoms with Gasteiger partial charge in [0.25, 0.3) is 0 Å². The molecule has 0 radical (unpaired) electrons. The first-order valence-electron chi connectivity index (χ1n) is 6.67. The summed E-state index contributed by atoms with van der Waals surface area (Å²) < 4.78 is 23.2. The maximum Gasteiger partial charge on any atom is 0.151 e. The third-order valence-corrected chi connectivity index (χ3v) is 5.58. The molecule has 2 heterocycles. The van der Waals surface area contributed by atoms with Crippen LogP contribution in [0.25, 0.3) is 0 Å². The van der Waals surface area contributed by atoms with Crippen molar-refractivity contribution in [3.05, 3.63) is 0 Å². The lowest BCUT2D eigenvalue weighted by atomic mass is 9.98. The van der Waals surface area contributed by atoms with E-state index in [9.17, 15) is 8.42 Å². The minimum absolute atomic E-state index is 0. The first-order valence-corrected chi connectivity index (χ1v) is 8.63. The Morgan fingerprint density at radius 2 is 2.06 bits per heavy atom. The van der Waals surface area contributed by atoms with Crippen LogP contribution in [0.5, 0.6) is 0 Å². The Hall–Kier alpha value is 0.160. The lowest BCUT2D eigenvalue weighted by Crippen LogP contribution is -2.46. The molecule has 0 spiro atoms. The van der Waals surface area contributed by atoms with Gasteiger partial charge in [0.05, 0.1) is 5.25 Å². The average molecular weight is 297 g/mol. The standard InChI is InChI=1S/C12H24N2O2S.ClH/c1-17(15,16)12-5-3-7-14(10-12)9-11-4-2-6-13-8-11;/h11-13H,2-10H2,1H3;1H. The van der Waals surface area contributed by atoms with Gasteiger partial charge < -0.3 is 10.2 Å². The van der Waals surface area contributed by atoms with E-state index < -0.39 is 9.84 Å². The van der Waals surface area contributed by atoms with Crippen molar-refractivity contribution in [1.82, 2.24) is 10.2 Å². The molecule has 0 bridgehead atoms. The number of sulfone groups is 1. The van der Waals surface area contributed by atoms with E-state index in [0.29, 0.717) is 5.92 Å². The predicted octanol–water partition coefficient (Wildman–Crippen LogP) is 0.917. The van der Waals surface area contributed by atoms with Crippen LogP contribution < -0.4 is 5.32 Å². The van der Waals surface area contributed by atoms with E-state index in [0.717, 1.165) is 45.6 Å². The van der Waals surface area contributed by atoms with Gasteiger partial charge in [0.1, 0.15) is 0 Å². The molecule has 1 N–H and O–H groups in total. The van der Waals surface area contributed by atoms with Crippen LogP contribution in [0.1, 0.15) is 25.7 Å². The highest BCUT2D eigenvalue weighted by Gasteiger charge is 2.28. The van der Waals surface area contributed by atoms with Gasteiger partial charge in [0.15, 0.2) is 9.84 Å². The van der Waals surface area contributed by atoms with Crippen molar-refractivity contribution < 1.29 is 8.42 Å². The van der Waals surface area contributed by atoms with E-state index in [2.05, 4.69) is 10.2 Å². The number of nitrogens with one attached hydrogen (secondary N) is 1. The lowest BCUT2D eigenvalue weighted by Gasteiger charge is -2.35. The molecule has 0 aromatic carbocycles. The Morgan fingerprint density at radius 1 is 1.28 bits per heavy atom. The van der Waals surface area contributed by atoms with E-state index >= 15 is 0 Å². The van der Waals surface area contributed by atoms with Gasteiger partial charge in [-0.25, -0.2) is 8.42 Å². The van der Waals surface area contributed by atoms with E-state index in [4.69, 9.17) is 0 Å². The average Bonchev–Trinajstić information content (AvgIpc) is 2.29. The predicted molar refractivity (Wildman–Crippen MR) is 77.1 cm³/mol. The number of rotatable bonds is 3. The Kier molecular flexibility index (Phi) is 6.38. The first-order chi connectivity index (χ1) is 8.05. The molecule has 2 rings (SSSR count). The second-order valence-electron chi connectivity index (χ2n) is 5.57. The molecule has 2 aliphatic heterocycles. The van der Waals surface area contributed by atoms with Crippen molar-refractivity contribution in [3.63, 3.8) is 0 Å². The first kappa shape index (κ1) is 16.2. The molecule has 0 amide bonds. The molecule has 18 heavy (non-hydrogen) atoms. The zero-order valence-electron chi connectivity index (χ0n) is 11.1. The molecular weight excluding hydrogens is 272 g/mol. The highest BCUT2D eigenvalue weighted by Crippen LogP contribution is 2.19. The maximum atomic E-state index is 11.6. The van der Waals surface area contributed by atoms with Crippen molar-refractivity contribution in [2.24, 2.45) is 5.92 Å². The highest BCUT2D eigenvalue weighted by atomic mass is 35.5. The Labute approximate surface area is 117 Å². The molecule has 108 valence electrons. The number of likely N-dealkylation sites (tertiary alicyclic amines) is 1. The van der Waals surface area contributed by atoms with Crippen molar-refractivity contribution in [1.29, 1.82) is 0 Å². The molecule has 2 atom stereocenters. The number of nitrogens with zero attached hydrogens (tertiary/aromatic N) is 1. The molecule has 4 nitrogen and oxygen atoms in total. The molecule has 2 unspecified atom stereocenters. The van der Waals surface area contributed by atoms with Crippen LogP contribution in [0.15, 0.2) is 0 Å². The van der Waals surface area contributed by atoms with Crippen molar-refractivity contribution in [3.8, 4) is 0 Å². The minimum atomic E-state index is -2.86. The fourth-order valence-electron chi connectivity index (χ4n) is 2.97. The van der Waals surface area contributed by atoms with Gasteiger partial charge in [-0.3, -0.25) is 0 Å². The molecule has 2 saturated heterocycles. The van der Waals surface area contributed by atoms with Gasteiger partial charge in [0.2, 0.25) is 0 Å². The topological polar surface area (TPSA) is 49.4 Å². The van der Waals surface area contributed by atoms with Crippen LogP contribution in [0.2, 0.25) is 0 Å². The van der Waals surface area contributed by atoms with Gasteiger partial charge in [-0.2, -0.15) is 0 Å². The second kappa shape index (κ2) is 7.08. The van der Waals surface area contributed by atoms with Crippen LogP contribution in [-0.2, 0) is 9.84 Å². The summed E-state index contributed by atoms with van der Waals surface area (Å²) in [7, 11) is -2.86. The molecule has 0 aliphatic carbocycles. The van der Waals surface area contributed by atoms with Crippen molar-refractivity contribution in [2.45, 2.75) is 30.9 Å². The molecule has 2 aliphatic rings. The van der Waals surface area contributed by atoms with E-state index in [1.54, 1.807) is 0 Å². The highest BCUT2D eigenvalue weighted by molar-refractivity contribution is 7.91. The third kappa shape index (κ3) is 4.68. The van der Waals surface area contributed by atoms with E-state index in [-0.39, 0.29) is 17.7 Å². The van der Waals surface area contributed by atoms with Crippen LogP contribution >= 0.6 is 12.4 Å². The van der Waals surface area contributed by atoms with Gasteiger partial charge >= 0.3 is 0 Å². The Balaban J connectivity index is 0.00000162. The van der Waals surface area contributed by atoms with Crippen LogP contribution in [0.4, 0.5) is 0 Å². The monoisotopic (exact) mass is 296 g/mol. The summed E-state index contributed by atoms with van der Waals surface area (Å²) in [5.41, 5.74) is 0. The number of hydrogen-bond acceptors (Lipinski definition) is 4. The summed E-state index contributed by atoms with van der Waals surface area (Å²) >= 11 is 0. The summed E-state index contributed by atoms with van der Waals surface area (Å²) in [6, 6.07) is 0. The Morgan fingerprint density at radius 3 is 2.67 bits per heavy atom. The van der Waals surface area contributed by atoms with Crippen LogP contribution in [-0.4, -0.2) is 57.5 Å². The van der Waals surface area contributed by atoms with Gasteiger partial charge in [0, 0.05) is 19.3 Å². The molecule has 2 fully saturated rings. The number of halogens is 1. The fraction of sp³-hybridized carbons (Fsp3) is 1.00. The molecular formula is C12H25ClN2O2S. The third-order valence-electron chi connectivity index (χ3n) is 3.98. The molecule has 0 aromatic heterocycles. The van der Waals surface area contributed by atoms with Crippen molar-refractivity contribution in [2.75, 3.05) is 39.0 Å². The normalized spacial score (nSPS) is 30.7. The van der Waals surface area contributed by atoms with Crippen LogP contribution in [0.3, 0.4) is 0 Å². The second-order valence-corrected chi connectivity index (χ2v) is 7.89. The van der Waals surface area contributed by atoms with Crippen molar-refractivity contribution >= 4 is 22.2 Å². The minimum Gasteiger partial charge on any atom is -0.316 e. The molecule has 0 aromatic rings. The summed E-state index contributed by atoms with van der Waals surface area (Å²) in [5.74, 6) is 0.710. The maximum absolute atomic E-state index is 11.6. The van der Waals surface area contributed by atoms with Gasteiger partial charge in [-0.05, 0) is 51.2 Å². The zero-order valence-corrected chi connectivity index (χ0v) is 12.7. The molecule has 0 saturated carbocycles. The molecule has 6 heteroatoms. The largest absolute Gasteiger partial charge is 0.316 e. The lowest BCUT2D eigenvalue weighted by molar-refractivity contribution is 0.181. The summed E-state index contributed by atoms with van der Waals surface area (Å²) in [4.78, 5) is 2.35. The number of piperidine rings is 2. The Bertz CT molecular complexity index is 342. The van der Waals surface area contributed by atoms with E-state index in [1.807, 2.05) is 0 Å². The zero-order chi connectivity index (χ0) is 12.3. The quantitative estimate of drug-likeness (QED) is 0.841. The number of hydrogen-bond donors (Lipinski definition) is 1. The van der Waals surface area contributed by atoms with Crippen LogP contribution in [0, 0.1) is 5.92 Å². The van der Waals surface area contributed by atoms with Gasteiger partial charge in [-0.1, -0.05) is 0 Å². The fourth-order valence-corrected chi connectivity index (χ4v) is 4.05.